The van der Waals surface area contributed by atoms with Crippen LogP contribution < -0.4 is 27.4 Å². The third-order valence-corrected chi connectivity index (χ3v) is 8.07. The first-order chi connectivity index (χ1) is 19.0. The highest BCUT2D eigenvalue weighted by Gasteiger charge is 2.53. The minimum absolute atomic E-state index is 0.136. The summed E-state index contributed by atoms with van der Waals surface area (Å²) < 4.78 is 18.0. The fourth-order valence-electron chi connectivity index (χ4n) is 5.87. The van der Waals surface area contributed by atoms with Gasteiger partial charge in [0.15, 0.2) is 6.29 Å². The number of aliphatic hydroxyl groups excluding tert-OH is 6. The van der Waals surface area contributed by atoms with Crippen LogP contribution in [0.3, 0.4) is 0 Å². The Balaban J connectivity index is 1.80. The van der Waals surface area contributed by atoms with Crippen molar-refractivity contribution in [1.82, 2.24) is 16.0 Å². The molecule has 40 heavy (non-hydrogen) atoms. The van der Waals surface area contributed by atoms with E-state index in [1.807, 2.05) is 6.08 Å². The molecule has 0 aromatic rings. The van der Waals surface area contributed by atoms with E-state index < -0.39 is 78.5 Å². The van der Waals surface area contributed by atoms with Gasteiger partial charge in [-0.25, -0.2) is 0 Å². The van der Waals surface area contributed by atoms with E-state index in [0.29, 0.717) is 12.2 Å². The summed E-state index contributed by atoms with van der Waals surface area (Å²) in [5.74, 6) is -0.143. The van der Waals surface area contributed by atoms with Crippen molar-refractivity contribution in [2.24, 2.45) is 17.4 Å². The van der Waals surface area contributed by atoms with Crippen LogP contribution >= 0.6 is 0 Å². The number of nitrogens with one attached hydrogen (secondary N) is 3. The normalized spacial score (nSPS) is 41.5. The van der Waals surface area contributed by atoms with E-state index in [-0.39, 0.29) is 45.9 Å². The monoisotopic (exact) mass is 579 g/mol. The van der Waals surface area contributed by atoms with Crippen molar-refractivity contribution in [2.45, 2.75) is 92.4 Å². The number of aliphatic hydroxyl groups is 7. The summed E-state index contributed by atoms with van der Waals surface area (Å²) in [5.41, 5.74) is 11.6. The lowest BCUT2D eigenvalue weighted by Gasteiger charge is -2.51. The lowest BCUT2D eigenvalue weighted by Crippen LogP contribution is -2.69. The van der Waals surface area contributed by atoms with Crippen molar-refractivity contribution >= 4 is 0 Å². The first-order valence-corrected chi connectivity index (χ1v) is 13.8. The Morgan fingerprint density at radius 1 is 1.12 bits per heavy atom. The molecule has 12 atom stereocenters. The summed E-state index contributed by atoms with van der Waals surface area (Å²) in [6.45, 7) is 0.702. The first-order valence-electron chi connectivity index (χ1n) is 13.8. The van der Waals surface area contributed by atoms with Crippen LogP contribution in [0.25, 0.3) is 0 Å². The quantitative estimate of drug-likeness (QED) is 0.0971. The predicted molar refractivity (Wildman–Crippen MR) is 143 cm³/mol. The minimum atomic E-state index is -1.37. The molecular weight excluding hydrogens is 530 g/mol. The molecule has 2 aliphatic heterocycles. The fraction of sp³-hybridized carbons (Fsp3) is 0.920. The molecule has 1 aliphatic carbocycles. The van der Waals surface area contributed by atoms with Crippen LogP contribution in [0.15, 0.2) is 11.8 Å². The summed E-state index contributed by atoms with van der Waals surface area (Å²) in [4.78, 5) is 0. The van der Waals surface area contributed by atoms with Crippen LogP contribution in [0.2, 0.25) is 0 Å². The second-order valence-electron chi connectivity index (χ2n) is 11.3. The van der Waals surface area contributed by atoms with E-state index in [2.05, 4.69) is 16.0 Å². The smallest absolute Gasteiger partial charge is 0.185 e. The topological polar surface area (TPSA) is 257 Å². The van der Waals surface area contributed by atoms with Crippen molar-refractivity contribution in [1.29, 1.82) is 0 Å². The maximum atomic E-state index is 11.7. The largest absolute Gasteiger partial charge is 0.492 e. The van der Waals surface area contributed by atoms with E-state index >= 15 is 0 Å². The number of likely N-dealkylation sites (N-methyl/N-ethyl adjacent to an activating group) is 1. The van der Waals surface area contributed by atoms with Gasteiger partial charge in [0, 0.05) is 30.6 Å². The van der Waals surface area contributed by atoms with Crippen LogP contribution in [-0.2, 0) is 14.2 Å². The van der Waals surface area contributed by atoms with Crippen LogP contribution in [-0.4, -0.2) is 155 Å². The third-order valence-electron chi connectivity index (χ3n) is 8.07. The molecule has 0 aromatic carbocycles. The van der Waals surface area contributed by atoms with Crippen LogP contribution in [0.1, 0.15) is 19.8 Å². The Morgan fingerprint density at radius 2 is 1.82 bits per heavy atom. The Bertz CT molecular complexity index is 806. The van der Waals surface area contributed by atoms with E-state index in [1.165, 1.54) is 6.92 Å². The molecule has 0 amide bonds. The van der Waals surface area contributed by atoms with Gasteiger partial charge in [0.2, 0.25) is 0 Å². The zero-order valence-electron chi connectivity index (χ0n) is 23.2. The van der Waals surface area contributed by atoms with Crippen LogP contribution in [0.5, 0.6) is 0 Å². The summed E-state index contributed by atoms with van der Waals surface area (Å²) in [5, 5.41) is 80.2. The van der Waals surface area contributed by atoms with Gasteiger partial charge in [0.1, 0.15) is 29.7 Å². The molecule has 3 aliphatic rings. The van der Waals surface area contributed by atoms with Crippen molar-refractivity contribution in [3.8, 4) is 0 Å². The Morgan fingerprint density at radius 3 is 2.45 bits per heavy atom. The number of hydrogen-bond acceptors (Lipinski definition) is 15. The molecule has 15 heteroatoms. The number of ether oxygens (including phenoxy) is 3. The highest BCUT2D eigenvalue weighted by Crippen LogP contribution is 2.36. The van der Waals surface area contributed by atoms with E-state index in [1.54, 1.807) is 7.05 Å². The fourth-order valence-corrected chi connectivity index (χ4v) is 5.87. The number of hydrogen-bond donors (Lipinski definition) is 12. The molecule has 0 radical (unpaired) electrons. The van der Waals surface area contributed by atoms with Gasteiger partial charge in [-0.2, -0.15) is 0 Å². The molecule has 3 rings (SSSR count). The van der Waals surface area contributed by atoms with Gasteiger partial charge in [-0.3, -0.25) is 0 Å². The van der Waals surface area contributed by atoms with Gasteiger partial charge in [0.25, 0.3) is 0 Å². The Labute approximate surface area is 234 Å². The first kappa shape index (κ1) is 33.5. The Kier molecular flexibility index (Phi) is 12.5. The summed E-state index contributed by atoms with van der Waals surface area (Å²) in [6.07, 6.45) is -3.86. The SMILES string of the molecule is CNC1C(O)C(OC2C(NC(CO)CO)CC(N)C(C3OC(CNCC(O)CO)=CCC3N)C2O)OCC1(C)O. The molecule has 14 N–H and O–H groups in total. The molecule has 0 aromatic heterocycles. The second kappa shape index (κ2) is 14.9. The molecule has 0 bridgehead atoms. The van der Waals surface area contributed by atoms with Gasteiger partial charge in [0.05, 0.1) is 57.3 Å². The molecule has 0 spiro atoms. The maximum absolute atomic E-state index is 11.7. The van der Waals surface area contributed by atoms with Crippen LogP contribution in [0, 0.1) is 5.92 Å². The maximum Gasteiger partial charge on any atom is 0.185 e. The molecule has 1 saturated carbocycles. The average Bonchev–Trinajstić information content (AvgIpc) is 2.91. The summed E-state index contributed by atoms with van der Waals surface area (Å²) in [6, 6.07) is -3.25. The number of nitrogens with two attached hydrogens (primary N) is 2. The Hall–Kier alpha value is -1.02. The lowest BCUT2D eigenvalue weighted by atomic mass is 9.72. The molecule has 234 valence electrons. The minimum Gasteiger partial charge on any atom is -0.492 e. The number of rotatable bonds is 13. The third kappa shape index (κ3) is 7.87. The molecule has 15 nitrogen and oxygen atoms in total. The van der Waals surface area contributed by atoms with Crippen molar-refractivity contribution in [3.63, 3.8) is 0 Å². The van der Waals surface area contributed by atoms with Gasteiger partial charge in [-0.15, -0.1) is 0 Å². The van der Waals surface area contributed by atoms with Gasteiger partial charge >= 0.3 is 0 Å². The molecule has 12 unspecified atom stereocenters. The standard InChI is InChI=1S/C25H49N5O10/c1-25(37)11-38-24(20(36)23(25)28-2)40-22-17(30-12(8-31)9-32)5-16(27)18(19(22)35)21-15(26)4-3-14(39-21)7-29-6-13(34)10-33/h3,12-13,15-24,28-37H,4-11,26-27H2,1-2H3. The average molecular weight is 580 g/mol. The molecule has 2 fully saturated rings. The summed E-state index contributed by atoms with van der Waals surface area (Å²) >= 11 is 0. The van der Waals surface area contributed by atoms with Gasteiger partial charge in [-0.05, 0) is 32.9 Å². The highest BCUT2D eigenvalue weighted by atomic mass is 16.7. The van der Waals surface area contributed by atoms with E-state index in [4.69, 9.17) is 30.8 Å². The molecule has 1 saturated heterocycles. The summed E-state index contributed by atoms with van der Waals surface area (Å²) in [7, 11) is 1.60. The molecule has 2 heterocycles. The van der Waals surface area contributed by atoms with Gasteiger partial charge < -0.3 is 77.4 Å². The van der Waals surface area contributed by atoms with Gasteiger partial charge in [-0.1, -0.05) is 0 Å². The van der Waals surface area contributed by atoms with Crippen molar-refractivity contribution < 1.29 is 50.0 Å². The van der Waals surface area contributed by atoms with Crippen LogP contribution in [0.4, 0.5) is 0 Å². The molecular formula is C25H49N5O10. The zero-order valence-corrected chi connectivity index (χ0v) is 23.2. The lowest BCUT2D eigenvalue weighted by molar-refractivity contribution is -0.298. The second-order valence-corrected chi connectivity index (χ2v) is 11.3. The van der Waals surface area contributed by atoms with Crippen molar-refractivity contribution in [2.75, 3.05) is 46.6 Å². The highest BCUT2D eigenvalue weighted by molar-refractivity contribution is 5.11. The predicted octanol–water partition coefficient (Wildman–Crippen LogP) is -5.61. The van der Waals surface area contributed by atoms with E-state index in [9.17, 15) is 30.6 Å². The van der Waals surface area contributed by atoms with E-state index in [0.717, 1.165) is 0 Å². The zero-order chi connectivity index (χ0) is 29.6. The van der Waals surface area contributed by atoms with Crippen molar-refractivity contribution in [3.05, 3.63) is 11.8 Å².